The summed E-state index contributed by atoms with van der Waals surface area (Å²) in [7, 11) is 4.20. The van der Waals surface area contributed by atoms with Gasteiger partial charge in [0.1, 0.15) is 11.4 Å². The maximum atomic E-state index is 6.09. The van der Waals surface area contributed by atoms with Crippen molar-refractivity contribution in [2.45, 2.75) is 26.0 Å². The molecule has 4 heteroatoms. The van der Waals surface area contributed by atoms with Crippen LogP contribution in [-0.2, 0) is 6.54 Å². The van der Waals surface area contributed by atoms with Crippen molar-refractivity contribution >= 4 is 5.69 Å². The number of ether oxygens (including phenoxy) is 1. The van der Waals surface area contributed by atoms with Gasteiger partial charge in [0.25, 0.3) is 0 Å². The first-order valence-electron chi connectivity index (χ1n) is 6.83. The summed E-state index contributed by atoms with van der Waals surface area (Å²) in [4.78, 5) is 4.61. The van der Waals surface area contributed by atoms with Crippen LogP contribution in [0.1, 0.15) is 19.4 Å². The maximum absolute atomic E-state index is 6.09. The molecule has 0 amide bonds. The zero-order chi connectivity index (χ0) is 14.0. The predicted molar refractivity (Wildman–Crippen MR) is 79.8 cm³/mol. The van der Waals surface area contributed by atoms with Crippen LogP contribution in [0.25, 0.3) is 0 Å². The number of hydrogen-bond donors (Lipinski definition) is 1. The highest BCUT2D eigenvalue weighted by Crippen LogP contribution is 2.37. The second kappa shape index (κ2) is 5.39. The van der Waals surface area contributed by atoms with Crippen LogP contribution >= 0.6 is 0 Å². The van der Waals surface area contributed by atoms with Crippen molar-refractivity contribution in [1.29, 1.82) is 0 Å². The molecule has 0 fully saturated rings. The number of hydrogen-bond acceptors (Lipinski definition) is 4. The third-order valence-corrected chi connectivity index (χ3v) is 3.38. The summed E-state index contributed by atoms with van der Waals surface area (Å²) in [5.74, 6) is 0.956. The highest BCUT2D eigenvalue weighted by Gasteiger charge is 2.31. The van der Waals surface area contributed by atoms with Gasteiger partial charge in [-0.25, -0.2) is 0 Å². The SMILES string of the molecule is CN(C)CCN1CC(C)(C)Oc2cc(CN)ccc21. The molecular formula is C15H25N3O. The molecule has 0 aromatic heterocycles. The van der Waals surface area contributed by atoms with Gasteiger partial charge in [-0.2, -0.15) is 0 Å². The van der Waals surface area contributed by atoms with E-state index in [2.05, 4.69) is 55.9 Å². The monoisotopic (exact) mass is 263 g/mol. The topological polar surface area (TPSA) is 41.7 Å². The Balaban J connectivity index is 2.26. The Morgan fingerprint density at radius 1 is 1.37 bits per heavy atom. The van der Waals surface area contributed by atoms with E-state index in [0.29, 0.717) is 6.54 Å². The molecule has 1 aliphatic heterocycles. The first-order chi connectivity index (χ1) is 8.91. The summed E-state index contributed by atoms with van der Waals surface area (Å²) < 4.78 is 6.09. The third kappa shape index (κ3) is 3.39. The van der Waals surface area contributed by atoms with Crippen LogP contribution in [0.5, 0.6) is 5.75 Å². The summed E-state index contributed by atoms with van der Waals surface area (Å²) >= 11 is 0. The minimum atomic E-state index is -0.160. The van der Waals surface area contributed by atoms with E-state index in [1.165, 1.54) is 5.69 Å². The number of rotatable bonds is 4. The number of anilines is 1. The van der Waals surface area contributed by atoms with Crippen LogP contribution in [0.2, 0.25) is 0 Å². The van der Waals surface area contributed by atoms with E-state index in [1.807, 2.05) is 0 Å². The number of likely N-dealkylation sites (N-methyl/N-ethyl adjacent to an activating group) is 1. The number of fused-ring (bicyclic) bond motifs is 1. The fourth-order valence-electron chi connectivity index (χ4n) is 2.42. The molecule has 106 valence electrons. The maximum Gasteiger partial charge on any atom is 0.143 e. The van der Waals surface area contributed by atoms with Crippen LogP contribution in [0.15, 0.2) is 18.2 Å². The zero-order valence-corrected chi connectivity index (χ0v) is 12.4. The molecule has 0 spiro atoms. The van der Waals surface area contributed by atoms with Crippen molar-refractivity contribution < 1.29 is 4.74 Å². The second-order valence-corrected chi connectivity index (χ2v) is 6.09. The van der Waals surface area contributed by atoms with Gasteiger partial charge in [0.2, 0.25) is 0 Å². The van der Waals surface area contributed by atoms with Gasteiger partial charge in [-0.05, 0) is 45.6 Å². The molecule has 2 N–H and O–H groups in total. The Bertz CT molecular complexity index is 443. The quantitative estimate of drug-likeness (QED) is 0.897. The molecule has 4 nitrogen and oxygen atoms in total. The molecule has 1 aromatic rings. The molecule has 0 radical (unpaired) electrons. The lowest BCUT2D eigenvalue weighted by Gasteiger charge is -2.41. The minimum absolute atomic E-state index is 0.160. The number of nitrogens with two attached hydrogens (primary N) is 1. The second-order valence-electron chi connectivity index (χ2n) is 6.09. The van der Waals surface area contributed by atoms with Gasteiger partial charge in [-0.1, -0.05) is 6.07 Å². The molecule has 19 heavy (non-hydrogen) atoms. The van der Waals surface area contributed by atoms with Gasteiger partial charge >= 0.3 is 0 Å². The third-order valence-electron chi connectivity index (χ3n) is 3.38. The van der Waals surface area contributed by atoms with E-state index in [9.17, 15) is 0 Å². The van der Waals surface area contributed by atoms with Gasteiger partial charge in [0, 0.05) is 19.6 Å². The number of nitrogens with zero attached hydrogens (tertiary/aromatic N) is 2. The van der Waals surface area contributed by atoms with Crippen molar-refractivity contribution in [3.05, 3.63) is 23.8 Å². The zero-order valence-electron chi connectivity index (χ0n) is 12.4. The fourth-order valence-corrected chi connectivity index (χ4v) is 2.42. The van der Waals surface area contributed by atoms with Gasteiger partial charge in [-0.3, -0.25) is 0 Å². The van der Waals surface area contributed by atoms with E-state index in [4.69, 9.17) is 10.5 Å². The van der Waals surface area contributed by atoms with Crippen molar-refractivity contribution in [3.63, 3.8) is 0 Å². The van der Waals surface area contributed by atoms with Crippen molar-refractivity contribution in [2.24, 2.45) is 5.73 Å². The van der Waals surface area contributed by atoms with Crippen molar-refractivity contribution in [2.75, 3.05) is 38.6 Å². The first-order valence-corrected chi connectivity index (χ1v) is 6.83. The smallest absolute Gasteiger partial charge is 0.143 e. The lowest BCUT2D eigenvalue weighted by molar-refractivity contribution is 0.104. The largest absolute Gasteiger partial charge is 0.484 e. The van der Waals surface area contributed by atoms with Crippen LogP contribution in [-0.4, -0.2) is 44.2 Å². The van der Waals surface area contributed by atoms with Crippen LogP contribution in [0, 0.1) is 0 Å². The van der Waals surface area contributed by atoms with Crippen molar-refractivity contribution in [1.82, 2.24) is 4.90 Å². The lowest BCUT2D eigenvalue weighted by Crippen LogP contribution is -2.48. The normalized spacial score (nSPS) is 17.3. The van der Waals surface area contributed by atoms with Gasteiger partial charge < -0.3 is 20.3 Å². The molecule has 0 bridgehead atoms. The standard InChI is InChI=1S/C15H25N3O/c1-15(2)11-18(8-7-17(3)4)13-6-5-12(10-16)9-14(13)19-15/h5-6,9H,7-8,10-11,16H2,1-4H3. The van der Waals surface area contributed by atoms with E-state index in [0.717, 1.165) is 30.9 Å². The van der Waals surface area contributed by atoms with E-state index >= 15 is 0 Å². The first kappa shape index (κ1) is 14.2. The molecule has 0 unspecified atom stereocenters. The predicted octanol–water partition coefficient (Wildman–Crippen LogP) is 1.68. The van der Waals surface area contributed by atoms with Crippen LogP contribution < -0.4 is 15.4 Å². The summed E-state index contributed by atoms with van der Waals surface area (Å²) in [5, 5.41) is 0. The van der Waals surface area contributed by atoms with E-state index < -0.39 is 0 Å². The Kier molecular flexibility index (Phi) is 4.02. The average Bonchev–Trinajstić information content (AvgIpc) is 2.33. The molecular weight excluding hydrogens is 238 g/mol. The summed E-state index contributed by atoms with van der Waals surface area (Å²) in [5.41, 5.74) is 7.84. The highest BCUT2D eigenvalue weighted by molar-refractivity contribution is 5.62. The lowest BCUT2D eigenvalue weighted by atomic mass is 10.0. The summed E-state index contributed by atoms with van der Waals surface area (Å²) in [6, 6.07) is 6.28. The molecule has 0 saturated heterocycles. The van der Waals surface area contributed by atoms with Crippen LogP contribution in [0.4, 0.5) is 5.69 Å². The van der Waals surface area contributed by atoms with E-state index in [-0.39, 0.29) is 5.60 Å². The molecule has 0 aliphatic carbocycles. The molecule has 2 rings (SSSR count). The van der Waals surface area contributed by atoms with Crippen LogP contribution in [0.3, 0.4) is 0 Å². The van der Waals surface area contributed by atoms with Crippen molar-refractivity contribution in [3.8, 4) is 5.75 Å². The molecule has 1 aliphatic rings. The summed E-state index contributed by atoms with van der Waals surface area (Å²) in [6.45, 7) is 7.77. The Morgan fingerprint density at radius 2 is 2.11 bits per heavy atom. The summed E-state index contributed by atoms with van der Waals surface area (Å²) in [6.07, 6.45) is 0. The molecule has 0 saturated carbocycles. The number of benzene rings is 1. The highest BCUT2D eigenvalue weighted by atomic mass is 16.5. The molecule has 1 heterocycles. The molecule has 0 atom stereocenters. The average molecular weight is 263 g/mol. The fraction of sp³-hybridized carbons (Fsp3) is 0.600. The van der Waals surface area contributed by atoms with Gasteiger partial charge in [0.15, 0.2) is 0 Å². The van der Waals surface area contributed by atoms with E-state index in [1.54, 1.807) is 0 Å². The molecule has 1 aromatic carbocycles. The Hall–Kier alpha value is -1.26. The Labute approximate surface area is 116 Å². The van der Waals surface area contributed by atoms with Gasteiger partial charge in [-0.15, -0.1) is 0 Å². The Morgan fingerprint density at radius 3 is 2.74 bits per heavy atom. The minimum Gasteiger partial charge on any atom is -0.484 e. The van der Waals surface area contributed by atoms with Gasteiger partial charge in [0.05, 0.1) is 12.2 Å².